The Morgan fingerprint density at radius 1 is 1.00 bits per heavy atom. The van der Waals surface area contributed by atoms with Crippen LogP contribution in [0.1, 0.15) is 47.1 Å². The molecule has 30 heavy (non-hydrogen) atoms. The van der Waals surface area contributed by atoms with Crippen LogP contribution in [-0.4, -0.2) is 32.4 Å². The maximum absolute atomic E-state index is 12.8. The number of amides is 1. The molecule has 0 saturated carbocycles. The third kappa shape index (κ3) is 4.10. The van der Waals surface area contributed by atoms with Crippen LogP contribution in [0.2, 0.25) is 0 Å². The van der Waals surface area contributed by atoms with Crippen LogP contribution < -0.4 is 0 Å². The standard InChI is InChI=1S/C25H26N4O/c1-18(2)20-10-8-19(9-11-20)16-29-23-7-5-4-6-22(23)27-24(29)17-28(3)25(30)21-12-14-26-15-13-21/h4-15,18H,16-17H2,1-3H3. The number of hydrogen-bond donors (Lipinski definition) is 0. The molecule has 4 rings (SSSR count). The molecule has 2 heterocycles. The zero-order valence-corrected chi connectivity index (χ0v) is 17.6. The van der Waals surface area contributed by atoms with Gasteiger partial charge < -0.3 is 9.47 Å². The lowest BCUT2D eigenvalue weighted by Crippen LogP contribution is -2.27. The Labute approximate surface area is 177 Å². The molecular weight excluding hydrogens is 372 g/mol. The molecule has 0 radical (unpaired) electrons. The molecule has 5 nitrogen and oxygen atoms in total. The van der Waals surface area contributed by atoms with E-state index >= 15 is 0 Å². The highest BCUT2D eigenvalue weighted by Crippen LogP contribution is 2.21. The summed E-state index contributed by atoms with van der Waals surface area (Å²) in [5.41, 5.74) is 5.18. The van der Waals surface area contributed by atoms with Crippen LogP contribution in [0.4, 0.5) is 0 Å². The van der Waals surface area contributed by atoms with Gasteiger partial charge >= 0.3 is 0 Å². The van der Waals surface area contributed by atoms with Gasteiger partial charge in [-0.05, 0) is 41.3 Å². The van der Waals surface area contributed by atoms with Crippen molar-refractivity contribution in [3.63, 3.8) is 0 Å². The van der Waals surface area contributed by atoms with Crippen LogP contribution in [-0.2, 0) is 13.1 Å². The lowest BCUT2D eigenvalue weighted by atomic mass is 10.0. The number of hydrogen-bond acceptors (Lipinski definition) is 3. The molecule has 1 amide bonds. The number of para-hydroxylation sites is 2. The second kappa shape index (κ2) is 8.49. The van der Waals surface area contributed by atoms with Gasteiger partial charge in [-0.25, -0.2) is 4.98 Å². The van der Waals surface area contributed by atoms with E-state index < -0.39 is 0 Å². The second-order valence-electron chi connectivity index (χ2n) is 7.90. The van der Waals surface area contributed by atoms with Gasteiger partial charge in [0.25, 0.3) is 5.91 Å². The highest BCUT2D eigenvalue weighted by molar-refractivity contribution is 5.93. The summed E-state index contributed by atoms with van der Waals surface area (Å²) in [6, 6.07) is 20.3. The van der Waals surface area contributed by atoms with Gasteiger partial charge in [0.2, 0.25) is 0 Å². The van der Waals surface area contributed by atoms with Crippen LogP contribution in [0.15, 0.2) is 73.1 Å². The summed E-state index contributed by atoms with van der Waals surface area (Å²) in [4.78, 5) is 23.3. The maximum Gasteiger partial charge on any atom is 0.254 e. The minimum atomic E-state index is -0.0442. The summed E-state index contributed by atoms with van der Waals surface area (Å²) in [7, 11) is 1.81. The number of pyridine rings is 1. The molecule has 2 aromatic heterocycles. The highest BCUT2D eigenvalue weighted by atomic mass is 16.2. The van der Waals surface area contributed by atoms with Crippen molar-refractivity contribution >= 4 is 16.9 Å². The molecule has 4 aromatic rings. The van der Waals surface area contributed by atoms with Gasteiger partial charge in [-0.3, -0.25) is 9.78 Å². The van der Waals surface area contributed by atoms with Gasteiger partial charge in [0, 0.05) is 31.5 Å². The van der Waals surface area contributed by atoms with Crippen molar-refractivity contribution in [2.45, 2.75) is 32.9 Å². The Hall–Kier alpha value is -3.47. The fourth-order valence-corrected chi connectivity index (χ4v) is 3.61. The predicted molar refractivity (Wildman–Crippen MR) is 119 cm³/mol. The number of carbonyl (C=O) groups excluding carboxylic acids is 1. The van der Waals surface area contributed by atoms with Gasteiger partial charge in [0.15, 0.2) is 0 Å². The summed E-state index contributed by atoms with van der Waals surface area (Å²) in [6.45, 7) is 5.55. The van der Waals surface area contributed by atoms with Crippen molar-refractivity contribution in [1.29, 1.82) is 0 Å². The monoisotopic (exact) mass is 398 g/mol. The molecule has 0 bridgehead atoms. The molecule has 0 aliphatic heterocycles. The molecule has 5 heteroatoms. The van der Waals surface area contributed by atoms with Gasteiger partial charge in [-0.1, -0.05) is 50.2 Å². The number of carbonyl (C=O) groups is 1. The van der Waals surface area contributed by atoms with E-state index in [-0.39, 0.29) is 5.91 Å². The van der Waals surface area contributed by atoms with Crippen LogP contribution >= 0.6 is 0 Å². The average Bonchev–Trinajstić information content (AvgIpc) is 3.11. The minimum absolute atomic E-state index is 0.0442. The molecule has 0 saturated heterocycles. The van der Waals surface area contributed by atoms with Gasteiger partial charge in [0.05, 0.1) is 17.6 Å². The van der Waals surface area contributed by atoms with Crippen molar-refractivity contribution in [1.82, 2.24) is 19.4 Å². The summed E-state index contributed by atoms with van der Waals surface area (Å²) in [5, 5.41) is 0. The van der Waals surface area contributed by atoms with E-state index in [1.807, 2.05) is 25.2 Å². The first-order valence-electron chi connectivity index (χ1n) is 10.2. The summed E-state index contributed by atoms with van der Waals surface area (Å²) >= 11 is 0. The molecule has 152 valence electrons. The molecule has 0 unspecified atom stereocenters. The van der Waals surface area contributed by atoms with Crippen molar-refractivity contribution in [3.05, 3.63) is 95.6 Å². The van der Waals surface area contributed by atoms with Crippen molar-refractivity contribution in [2.75, 3.05) is 7.05 Å². The van der Waals surface area contributed by atoms with E-state index in [1.165, 1.54) is 11.1 Å². The van der Waals surface area contributed by atoms with Crippen molar-refractivity contribution < 1.29 is 4.79 Å². The average molecular weight is 399 g/mol. The quantitative estimate of drug-likeness (QED) is 0.465. The van der Waals surface area contributed by atoms with E-state index in [2.05, 4.69) is 53.7 Å². The highest BCUT2D eigenvalue weighted by Gasteiger charge is 2.17. The van der Waals surface area contributed by atoms with Crippen LogP contribution in [0.3, 0.4) is 0 Å². The lowest BCUT2D eigenvalue weighted by molar-refractivity contribution is 0.0780. The Kier molecular flexibility index (Phi) is 5.61. The first kappa shape index (κ1) is 19.8. The van der Waals surface area contributed by atoms with Gasteiger partial charge in [0.1, 0.15) is 5.82 Å². The van der Waals surface area contributed by atoms with Crippen LogP contribution in [0.5, 0.6) is 0 Å². The minimum Gasteiger partial charge on any atom is -0.334 e. The van der Waals surface area contributed by atoms with Crippen LogP contribution in [0.25, 0.3) is 11.0 Å². The van der Waals surface area contributed by atoms with E-state index in [9.17, 15) is 4.79 Å². The number of fused-ring (bicyclic) bond motifs is 1. The molecule has 0 spiro atoms. The molecular formula is C25H26N4O. The van der Waals surface area contributed by atoms with Crippen LogP contribution in [0, 0.1) is 0 Å². The van der Waals surface area contributed by atoms with E-state index in [0.29, 0.717) is 24.6 Å². The summed E-state index contributed by atoms with van der Waals surface area (Å²) in [5.74, 6) is 1.34. The third-order valence-corrected chi connectivity index (χ3v) is 5.37. The topological polar surface area (TPSA) is 51.0 Å². The zero-order valence-electron chi connectivity index (χ0n) is 17.6. The SMILES string of the molecule is CC(C)c1ccc(Cn2c(CN(C)C(=O)c3ccncc3)nc3ccccc32)cc1. The molecule has 0 N–H and O–H groups in total. The number of aromatic nitrogens is 3. The largest absolute Gasteiger partial charge is 0.334 e. The Morgan fingerprint density at radius 2 is 1.70 bits per heavy atom. The zero-order chi connectivity index (χ0) is 21.1. The number of nitrogens with zero attached hydrogens (tertiary/aromatic N) is 4. The molecule has 0 atom stereocenters. The number of imidazole rings is 1. The first-order valence-corrected chi connectivity index (χ1v) is 10.2. The van der Waals surface area contributed by atoms with Gasteiger partial charge in [-0.15, -0.1) is 0 Å². The molecule has 0 fully saturated rings. The molecule has 0 aliphatic carbocycles. The summed E-state index contributed by atoms with van der Waals surface area (Å²) < 4.78 is 2.20. The number of benzene rings is 2. The smallest absolute Gasteiger partial charge is 0.254 e. The normalized spacial score (nSPS) is 11.2. The molecule has 2 aromatic carbocycles. The van der Waals surface area contributed by atoms with E-state index in [1.54, 1.807) is 29.4 Å². The Balaban J connectivity index is 1.64. The van der Waals surface area contributed by atoms with E-state index in [4.69, 9.17) is 4.98 Å². The summed E-state index contributed by atoms with van der Waals surface area (Å²) in [6.07, 6.45) is 3.27. The fraction of sp³-hybridized carbons (Fsp3) is 0.240. The maximum atomic E-state index is 12.8. The van der Waals surface area contributed by atoms with Crippen molar-refractivity contribution in [3.8, 4) is 0 Å². The Morgan fingerprint density at radius 3 is 2.40 bits per heavy atom. The van der Waals surface area contributed by atoms with E-state index in [0.717, 1.165) is 16.9 Å². The van der Waals surface area contributed by atoms with Crippen molar-refractivity contribution in [2.24, 2.45) is 0 Å². The fourth-order valence-electron chi connectivity index (χ4n) is 3.61. The molecule has 0 aliphatic rings. The first-order chi connectivity index (χ1) is 14.5. The second-order valence-corrected chi connectivity index (χ2v) is 7.90. The number of rotatable bonds is 6. The lowest BCUT2D eigenvalue weighted by Gasteiger charge is -2.18. The third-order valence-electron chi connectivity index (χ3n) is 5.37. The Bertz CT molecular complexity index is 1150. The van der Waals surface area contributed by atoms with Gasteiger partial charge in [-0.2, -0.15) is 0 Å². The predicted octanol–water partition coefficient (Wildman–Crippen LogP) is 4.88.